The Hall–Kier alpha value is -2.71. The van der Waals surface area contributed by atoms with Gasteiger partial charge in [0.15, 0.2) is 5.17 Å². The predicted molar refractivity (Wildman–Crippen MR) is 105 cm³/mol. The average molecular weight is 402 g/mol. The van der Waals surface area contributed by atoms with E-state index in [-0.39, 0.29) is 22.5 Å². The molecule has 138 valence electrons. The minimum absolute atomic E-state index is 0.0337. The van der Waals surface area contributed by atoms with Crippen LogP contribution in [-0.4, -0.2) is 30.9 Å². The molecule has 1 saturated heterocycles. The van der Waals surface area contributed by atoms with Gasteiger partial charge in [0.1, 0.15) is 5.82 Å². The second-order valence-corrected chi connectivity index (χ2v) is 8.14. The van der Waals surface area contributed by atoms with Crippen LogP contribution in [0.1, 0.15) is 5.56 Å². The minimum atomic E-state index is -4.09. The van der Waals surface area contributed by atoms with Crippen LogP contribution in [0.4, 0.5) is 4.39 Å². The van der Waals surface area contributed by atoms with E-state index in [4.69, 9.17) is 0 Å². The van der Waals surface area contributed by atoms with Crippen molar-refractivity contribution in [2.45, 2.75) is 4.90 Å². The number of benzene rings is 2. The third-order valence-corrected chi connectivity index (χ3v) is 6.01. The molecule has 0 N–H and O–H groups in total. The van der Waals surface area contributed by atoms with Crippen LogP contribution in [0.5, 0.6) is 0 Å². The van der Waals surface area contributed by atoms with Crippen LogP contribution in [-0.2, 0) is 14.8 Å². The molecule has 1 amide bonds. The van der Waals surface area contributed by atoms with Crippen molar-refractivity contribution in [1.29, 1.82) is 0 Å². The number of nitrogens with zero attached hydrogens (tertiary/aromatic N) is 2. The lowest BCUT2D eigenvalue weighted by atomic mass is 10.2. The molecule has 1 fully saturated rings. The summed E-state index contributed by atoms with van der Waals surface area (Å²) in [6, 6.07) is 13.6. The Morgan fingerprint density at radius 2 is 1.78 bits per heavy atom. The lowest BCUT2D eigenvalue weighted by molar-refractivity contribution is -0.121. The highest BCUT2D eigenvalue weighted by Gasteiger charge is 2.34. The van der Waals surface area contributed by atoms with Gasteiger partial charge in [-0.3, -0.25) is 9.69 Å². The Balaban J connectivity index is 1.99. The van der Waals surface area contributed by atoms with Gasteiger partial charge in [0.05, 0.1) is 9.80 Å². The Kier molecular flexibility index (Phi) is 5.57. The van der Waals surface area contributed by atoms with Crippen molar-refractivity contribution in [1.82, 2.24) is 4.90 Å². The number of hydrogen-bond acceptors (Lipinski definition) is 4. The number of amidine groups is 1. The Bertz CT molecular complexity index is 1030. The summed E-state index contributed by atoms with van der Waals surface area (Å²) in [5.74, 6) is -0.898. The van der Waals surface area contributed by atoms with Crippen LogP contribution in [0.25, 0.3) is 6.08 Å². The van der Waals surface area contributed by atoms with Gasteiger partial charge in [-0.25, -0.2) is 4.39 Å². The molecule has 1 aliphatic rings. The molecular weight excluding hydrogens is 387 g/mol. The number of thioether (sulfide) groups is 1. The summed E-state index contributed by atoms with van der Waals surface area (Å²) in [5.41, 5.74) is 0.814. The first-order valence-corrected chi connectivity index (χ1v) is 10.1. The van der Waals surface area contributed by atoms with Crippen LogP contribution in [0.3, 0.4) is 0 Å². The van der Waals surface area contributed by atoms with Gasteiger partial charge < -0.3 is 0 Å². The number of amides is 1. The van der Waals surface area contributed by atoms with E-state index in [9.17, 15) is 17.6 Å². The largest absolute Gasteiger partial charge is 0.284 e. The monoisotopic (exact) mass is 402 g/mol. The Morgan fingerprint density at radius 3 is 2.41 bits per heavy atom. The highest BCUT2D eigenvalue weighted by Crippen LogP contribution is 2.33. The number of hydrogen-bond donors (Lipinski definition) is 0. The minimum Gasteiger partial charge on any atom is -0.282 e. The maximum Gasteiger partial charge on any atom is 0.284 e. The van der Waals surface area contributed by atoms with Crippen LogP contribution < -0.4 is 0 Å². The van der Waals surface area contributed by atoms with Gasteiger partial charge in [0, 0.05) is 6.54 Å². The Morgan fingerprint density at radius 1 is 1.11 bits per heavy atom. The summed E-state index contributed by atoms with van der Waals surface area (Å²) in [6.45, 7) is 3.72. The summed E-state index contributed by atoms with van der Waals surface area (Å²) in [7, 11) is -4.09. The zero-order chi connectivity index (χ0) is 19.4. The van der Waals surface area contributed by atoms with Crippen molar-refractivity contribution in [2.24, 2.45) is 4.40 Å². The molecule has 0 aliphatic carbocycles. The maximum absolute atomic E-state index is 13.0. The SMILES string of the molecule is C=CCN1C(=O)/C(=C/c2ccccc2)S/C1=N\S(=O)(=O)c1ccc(F)cc1. The smallest absolute Gasteiger partial charge is 0.282 e. The lowest BCUT2D eigenvalue weighted by Gasteiger charge is -2.12. The van der Waals surface area contributed by atoms with Gasteiger partial charge in [-0.05, 0) is 47.7 Å². The van der Waals surface area contributed by atoms with E-state index >= 15 is 0 Å². The highest BCUT2D eigenvalue weighted by atomic mass is 32.2. The van der Waals surface area contributed by atoms with Crippen molar-refractivity contribution >= 4 is 38.9 Å². The summed E-state index contributed by atoms with van der Waals surface area (Å²) in [6.07, 6.45) is 3.17. The van der Waals surface area contributed by atoms with E-state index in [1.165, 1.54) is 11.0 Å². The first kappa shape index (κ1) is 19.1. The zero-order valence-electron chi connectivity index (χ0n) is 14.1. The quantitative estimate of drug-likeness (QED) is 0.565. The number of rotatable bonds is 5. The fourth-order valence-electron chi connectivity index (χ4n) is 2.33. The summed E-state index contributed by atoms with van der Waals surface area (Å²) < 4.78 is 41.9. The highest BCUT2D eigenvalue weighted by molar-refractivity contribution is 8.19. The topological polar surface area (TPSA) is 66.8 Å². The molecule has 0 bridgehead atoms. The van der Waals surface area contributed by atoms with Gasteiger partial charge in [-0.15, -0.1) is 11.0 Å². The number of carbonyl (C=O) groups is 1. The van der Waals surface area contributed by atoms with Crippen LogP contribution in [0.15, 0.2) is 81.5 Å². The van der Waals surface area contributed by atoms with Crippen molar-refractivity contribution in [3.63, 3.8) is 0 Å². The molecule has 3 rings (SSSR count). The fourth-order valence-corrected chi connectivity index (χ4v) is 4.52. The lowest BCUT2D eigenvalue weighted by Crippen LogP contribution is -2.29. The first-order valence-electron chi connectivity index (χ1n) is 7.88. The third kappa shape index (κ3) is 4.35. The number of sulfonamides is 1. The summed E-state index contributed by atoms with van der Waals surface area (Å²) in [5, 5.41) is 0.0337. The van der Waals surface area contributed by atoms with E-state index in [2.05, 4.69) is 11.0 Å². The summed E-state index contributed by atoms with van der Waals surface area (Å²) >= 11 is 0.973. The van der Waals surface area contributed by atoms with Gasteiger partial charge in [-0.1, -0.05) is 36.4 Å². The molecule has 0 aromatic heterocycles. The second kappa shape index (κ2) is 7.89. The van der Waals surface area contributed by atoms with Crippen LogP contribution in [0, 0.1) is 5.82 Å². The van der Waals surface area contributed by atoms with E-state index in [1.807, 2.05) is 30.3 Å². The molecule has 0 radical (unpaired) electrons. The molecule has 8 heteroatoms. The standard InChI is InChI=1S/C19H15FN2O3S2/c1-2-12-22-18(23)17(13-14-6-4-3-5-7-14)26-19(22)21-27(24,25)16-10-8-15(20)9-11-16/h2-11,13H,1,12H2/b17-13-,21-19-. The third-order valence-electron chi connectivity index (χ3n) is 3.61. The molecule has 2 aromatic carbocycles. The van der Waals surface area contributed by atoms with Crippen molar-refractivity contribution in [3.05, 3.63) is 83.5 Å². The van der Waals surface area contributed by atoms with Crippen molar-refractivity contribution in [3.8, 4) is 0 Å². The van der Waals surface area contributed by atoms with E-state index in [0.29, 0.717) is 4.91 Å². The molecule has 0 unspecified atom stereocenters. The molecule has 1 aliphatic heterocycles. The number of halogens is 1. The molecule has 2 aromatic rings. The van der Waals surface area contributed by atoms with Gasteiger partial charge in [-0.2, -0.15) is 8.42 Å². The normalized spacial score (nSPS) is 17.7. The fraction of sp³-hybridized carbons (Fsp3) is 0.0526. The van der Waals surface area contributed by atoms with E-state index in [1.54, 1.807) is 6.08 Å². The molecule has 5 nitrogen and oxygen atoms in total. The zero-order valence-corrected chi connectivity index (χ0v) is 15.7. The summed E-state index contributed by atoms with van der Waals surface area (Å²) in [4.78, 5) is 14.1. The molecule has 1 heterocycles. The molecular formula is C19H15FN2O3S2. The van der Waals surface area contributed by atoms with E-state index < -0.39 is 15.8 Å². The van der Waals surface area contributed by atoms with Gasteiger partial charge in [0.2, 0.25) is 0 Å². The Labute approximate surface area is 161 Å². The average Bonchev–Trinajstić information content (AvgIpc) is 2.91. The van der Waals surface area contributed by atoms with Crippen molar-refractivity contribution < 1.29 is 17.6 Å². The van der Waals surface area contributed by atoms with Crippen LogP contribution in [0.2, 0.25) is 0 Å². The second-order valence-electron chi connectivity index (χ2n) is 5.53. The van der Waals surface area contributed by atoms with Crippen LogP contribution >= 0.6 is 11.8 Å². The number of carbonyl (C=O) groups excluding carboxylic acids is 1. The first-order chi connectivity index (χ1) is 12.9. The molecule has 0 atom stereocenters. The van der Waals surface area contributed by atoms with E-state index in [0.717, 1.165) is 41.6 Å². The maximum atomic E-state index is 13.0. The van der Waals surface area contributed by atoms with Crippen molar-refractivity contribution in [2.75, 3.05) is 6.54 Å². The van der Waals surface area contributed by atoms with Gasteiger partial charge in [0.25, 0.3) is 15.9 Å². The predicted octanol–water partition coefficient (Wildman–Crippen LogP) is 3.67. The van der Waals surface area contributed by atoms with Gasteiger partial charge >= 0.3 is 0 Å². The molecule has 0 saturated carbocycles. The molecule has 0 spiro atoms. The molecule has 27 heavy (non-hydrogen) atoms.